The quantitative estimate of drug-likeness (QED) is 0.670. The molecule has 0 amide bonds. The molecule has 0 spiro atoms. The average molecular weight is 365 g/mol. The minimum atomic E-state index is -0.211. The second-order valence-electron chi connectivity index (χ2n) is 7.39. The first-order valence-electron chi connectivity index (χ1n) is 9.21. The summed E-state index contributed by atoms with van der Waals surface area (Å²) in [5, 5.41) is 0.132. The van der Waals surface area contributed by atoms with E-state index in [2.05, 4.69) is 31.2 Å². The lowest BCUT2D eigenvalue weighted by Gasteiger charge is -2.32. The maximum atomic E-state index is 13.0. The van der Waals surface area contributed by atoms with Crippen LogP contribution in [0.15, 0.2) is 59.1 Å². The highest BCUT2D eigenvalue weighted by Gasteiger charge is 2.36. The maximum Gasteiger partial charge on any atom is 0.205 e. The molecular weight excluding hydrogens is 344 g/mol. The average Bonchev–Trinajstić information content (AvgIpc) is 2.68. The number of rotatable bonds is 2. The van der Waals surface area contributed by atoms with Gasteiger partial charge in [0.25, 0.3) is 0 Å². The van der Waals surface area contributed by atoms with Gasteiger partial charge in [-0.05, 0) is 50.0 Å². The van der Waals surface area contributed by atoms with Crippen LogP contribution in [-0.4, -0.2) is 11.6 Å². The predicted octanol–water partition coefficient (Wildman–Crippen LogP) is 5.84. The van der Waals surface area contributed by atoms with Gasteiger partial charge in [-0.15, -0.1) is 0 Å². The molecule has 0 N–H and O–H groups in total. The number of carbonyl (C=O) groups excluding carboxylic acids is 2. The summed E-state index contributed by atoms with van der Waals surface area (Å²) in [5.74, 6) is 0.323. The van der Waals surface area contributed by atoms with Crippen LogP contribution in [0.25, 0.3) is 0 Å². The van der Waals surface area contributed by atoms with Gasteiger partial charge in [-0.2, -0.15) is 0 Å². The Balaban J connectivity index is 1.56. The van der Waals surface area contributed by atoms with Crippen molar-refractivity contribution < 1.29 is 9.59 Å². The molecule has 132 valence electrons. The van der Waals surface area contributed by atoms with Crippen LogP contribution in [0.4, 0.5) is 0 Å². The summed E-state index contributed by atoms with van der Waals surface area (Å²) < 4.78 is 0. The highest BCUT2D eigenvalue weighted by molar-refractivity contribution is 6.50. The van der Waals surface area contributed by atoms with Crippen molar-refractivity contribution in [2.24, 2.45) is 5.92 Å². The number of aryl methyl sites for hydroxylation is 1. The summed E-state index contributed by atoms with van der Waals surface area (Å²) in [7, 11) is 0. The zero-order valence-corrected chi connectivity index (χ0v) is 15.6. The molecule has 0 aliphatic heterocycles. The molecule has 26 heavy (non-hydrogen) atoms. The standard InChI is InChI=1S/C23H21ClO2/c1-14-6-8-15(9-7-14)16-10-12-17(13-11-16)20-21(24)23(26)19-5-3-2-4-18(19)22(20)25/h2-9,16-17H,10-13H2,1H3. The summed E-state index contributed by atoms with van der Waals surface area (Å²) in [5.41, 5.74) is 4.10. The van der Waals surface area contributed by atoms with Gasteiger partial charge in [-0.3, -0.25) is 9.59 Å². The lowest BCUT2D eigenvalue weighted by molar-refractivity contribution is 0.0966. The molecule has 2 aromatic rings. The molecule has 0 saturated heterocycles. The van der Waals surface area contributed by atoms with E-state index in [0.717, 1.165) is 25.7 Å². The summed E-state index contributed by atoms with van der Waals surface area (Å²) in [6.07, 6.45) is 3.82. The van der Waals surface area contributed by atoms with E-state index in [1.54, 1.807) is 24.3 Å². The topological polar surface area (TPSA) is 34.1 Å². The van der Waals surface area contributed by atoms with Crippen molar-refractivity contribution in [2.45, 2.75) is 38.5 Å². The SMILES string of the molecule is Cc1ccc(C2CCC(C3=C(Cl)C(=O)c4ccccc4C3=O)CC2)cc1. The van der Waals surface area contributed by atoms with E-state index in [1.807, 2.05) is 0 Å². The van der Waals surface area contributed by atoms with Crippen molar-refractivity contribution >= 4 is 23.2 Å². The monoisotopic (exact) mass is 364 g/mol. The van der Waals surface area contributed by atoms with Gasteiger partial charge in [0, 0.05) is 16.7 Å². The largest absolute Gasteiger partial charge is 0.289 e. The fraction of sp³-hybridized carbons (Fsp3) is 0.304. The molecule has 3 heteroatoms. The van der Waals surface area contributed by atoms with Crippen molar-refractivity contribution in [1.82, 2.24) is 0 Å². The molecule has 0 aromatic heterocycles. The molecule has 0 heterocycles. The third kappa shape index (κ3) is 2.93. The lowest BCUT2D eigenvalue weighted by atomic mass is 9.72. The molecule has 1 saturated carbocycles. The van der Waals surface area contributed by atoms with Gasteiger partial charge >= 0.3 is 0 Å². The first-order chi connectivity index (χ1) is 12.6. The van der Waals surface area contributed by atoms with Crippen molar-refractivity contribution in [3.8, 4) is 0 Å². The van der Waals surface area contributed by atoms with Crippen LogP contribution in [-0.2, 0) is 0 Å². The first-order valence-corrected chi connectivity index (χ1v) is 9.58. The predicted molar refractivity (Wildman–Crippen MR) is 104 cm³/mol. The molecular formula is C23H21ClO2. The number of hydrogen-bond acceptors (Lipinski definition) is 2. The van der Waals surface area contributed by atoms with E-state index < -0.39 is 0 Å². The van der Waals surface area contributed by atoms with Crippen molar-refractivity contribution in [3.05, 3.63) is 81.4 Å². The smallest absolute Gasteiger partial charge is 0.205 e. The maximum absolute atomic E-state index is 13.0. The number of Topliss-reactive ketones (excluding diaryl/α,β-unsaturated/α-hetero) is 2. The van der Waals surface area contributed by atoms with E-state index in [9.17, 15) is 9.59 Å². The van der Waals surface area contributed by atoms with Gasteiger partial charge in [-0.1, -0.05) is 65.7 Å². The van der Waals surface area contributed by atoms with Crippen LogP contribution in [0.1, 0.15) is 63.4 Å². The highest BCUT2D eigenvalue weighted by atomic mass is 35.5. The van der Waals surface area contributed by atoms with E-state index >= 15 is 0 Å². The van der Waals surface area contributed by atoms with E-state index in [0.29, 0.717) is 22.6 Å². The Labute approximate surface area is 158 Å². The zero-order chi connectivity index (χ0) is 18.3. The number of benzene rings is 2. The number of carbonyl (C=O) groups is 2. The number of allylic oxidation sites excluding steroid dienone is 2. The van der Waals surface area contributed by atoms with E-state index in [1.165, 1.54) is 11.1 Å². The van der Waals surface area contributed by atoms with Crippen LogP contribution >= 0.6 is 11.6 Å². The Hall–Kier alpha value is -2.19. The first kappa shape index (κ1) is 17.2. The van der Waals surface area contributed by atoms with Gasteiger partial charge in [0.1, 0.15) is 0 Å². The van der Waals surface area contributed by atoms with Gasteiger partial charge < -0.3 is 0 Å². The van der Waals surface area contributed by atoms with Crippen LogP contribution < -0.4 is 0 Å². The van der Waals surface area contributed by atoms with Crippen molar-refractivity contribution in [3.63, 3.8) is 0 Å². The molecule has 2 aliphatic rings. The number of hydrogen-bond donors (Lipinski definition) is 0. The normalized spacial score (nSPS) is 23.2. The van der Waals surface area contributed by atoms with Crippen LogP contribution in [0, 0.1) is 12.8 Å². The van der Waals surface area contributed by atoms with E-state index in [-0.39, 0.29) is 22.5 Å². The molecule has 1 fully saturated rings. The molecule has 0 atom stereocenters. The second kappa shape index (κ2) is 6.85. The van der Waals surface area contributed by atoms with Gasteiger partial charge in [0.05, 0.1) is 5.03 Å². The molecule has 2 aliphatic carbocycles. The molecule has 0 radical (unpaired) electrons. The Kier molecular flexibility index (Phi) is 4.54. The van der Waals surface area contributed by atoms with Crippen molar-refractivity contribution in [1.29, 1.82) is 0 Å². The minimum absolute atomic E-state index is 0.0658. The second-order valence-corrected chi connectivity index (χ2v) is 7.77. The van der Waals surface area contributed by atoms with E-state index in [4.69, 9.17) is 11.6 Å². The number of fused-ring (bicyclic) bond motifs is 1. The van der Waals surface area contributed by atoms with Gasteiger partial charge in [0.15, 0.2) is 5.78 Å². The lowest BCUT2D eigenvalue weighted by Crippen LogP contribution is -2.27. The number of ketones is 2. The molecule has 2 nitrogen and oxygen atoms in total. The third-order valence-electron chi connectivity index (χ3n) is 5.78. The summed E-state index contributed by atoms with van der Waals surface area (Å²) in [4.78, 5) is 25.6. The summed E-state index contributed by atoms with van der Waals surface area (Å²) >= 11 is 6.37. The van der Waals surface area contributed by atoms with Gasteiger partial charge in [-0.25, -0.2) is 0 Å². The Morgan fingerprint density at radius 3 is 1.92 bits per heavy atom. The molecule has 0 bridgehead atoms. The third-order valence-corrected chi connectivity index (χ3v) is 6.16. The number of halogens is 1. The Morgan fingerprint density at radius 2 is 1.31 bits per heavy atom. The van der Waals surface area contributed by atoms with Crippen LogP contribution in [0.5, 0.6) is 0 Å². The molecule has 2 aromatic carbocycles. The van der Waals surface area contributed by atoms with Crippen molar-refractivity contribution in [2.75, 3.05) is 0 Å². The minimum Gasteiger partial charge on any atom is -0.289 e. The van der Waals surface area contributed by atoms with Crippen LogP contribution in [0.3, 0.4) is 0 Å². The summed E-state index contributed by atoms with van der Waals surface area (Å²) in [6.45, 7) is 2.10. The molecule has 0 unspecified atom stereocenters. The summed E-state index contributed by atoms with van der Waals surface area (Å²) in [6, 6.07) is 15.7. The van der Waals surface area contributed by atoms with Gasteiger partial charge in [0.2, 0.25) is 5.78 Å². The Bertz CT molecular complexity index is 900. The highest BCUT2D eigenvalue weighted by Crippen LogP contribution is 2.42. The zero-order valence-electron chi connectivity index (χ0n) is 14.8. The fourth-order valence-electron chi connectivity index (χ4n) is 4.28. The molecule has 4 rings (SSSR count). The van der Waals surface area contributed by atoms with Crippen LogP contribution in [0.2, 0.25) is 0 Å². The Morgan fingerprint density at radius 1 is 0.769 bits per heavy atom. The fourth-order valence-corrected chi connectivity index (χ4v) is 4.63.